The van der Waals surface area contributed by atoms with Gasteiger partial charge in [-0.2, -0.15) is 11.8 Å². The van der Waals surface area contributed by atoms with Gasteiger partial charge >= 0.3 is 11.9 Å². The molecule has 0 rings (SSSR count). The van der Waals surface area contributed by atoms with Gasteiger partial charge in [0.1, 0.15) is 24.2 Å². The van der Waals surface area contributed by atoms with Crippen molar-refractivity contribution in [3.8, 4) is 0 Å². The molecule has 13 heteroatoms. The van der Waals surface area contributed by atoms with Crippen LogP contribution in [-0.4, -0.2) is 87.3 Å². The minimum atomic E-state index is -1.34. The number of hydrogen-bond donors (Lipinski definition) is 7. The molecule has 3 amide bonds. The molecular weight excluding hydrogens is 456 g/mol. The molecule has 0 radical (unpaired) electrons. The summed E-state index contributed by atoms with van der Waals surface area (Å²) in [5.41, 5.74) is 5.58. The molecule has 33 heavy (non-hydrogen) atoms. The molecule has 0 bridgehead atoms. The smallest absolute Gasteiger partial charge is 0.326 e. The predicted octanol–water partition coefficient (Wildman–Crippen LogP) is -1.10. The topological polar surface area (TPSA) is 208 Å². The molecule has 0 spiro atoms. The number of aliphatic carboxylic acids is 2. The molecule has 0 aromatic rings. The highest BCUT2D eigenvalue weighted by Gasteiger charge is 2.33. The first-order valence-corrected chi connectivity index (χ1v) is 12.0. The molecule has 0 saturated heterocycles. The number of carbonyl (C=O) groups is 5. The van der Waals surface area contributed by atoms with Gasteiger partial charge in [0.25, 0.3) is 0 Å². The van der Waals surface area contributed by atoms with Gasteiger partial charge in [-0.15, -0.1) is 0 Å². The zero-order valence-electron chi connectivity index (χ0n) is 19.4. The summed E-state index contributed by atoms with van der Waals surface area (Å²) in [5, 5.41) is 35.1. The van der Waals surface area contributed by atoms with Crippen molar-refractivity contribution in [1.82, 2.24) is 16.0 Å². The molecule has 0 saturated carbocycles. The molecule has 8 N–H and O–H groups in total. The van der Waals surface area contributed by atoms with E-state index < -0.39 is 66.4 Å². The maximum atomic E-state index is 12.9. The van der Waals surface area contributed by atoms with Crippen molar-refractivity contribution >= 4 is 41.4 Å². The molecule has 12 nitrogen and oxygen atoms in total. The predicted molar refractivity (Wildman–Crippen MR) is 122 cm³/mol. The lowest BCUT2D eigenvalue weighted by Crippen LogP contribution is -2.59. The Kier molecular flexibility index (Phi) is 14.3. The van der Waals surface area contributed by atoms with Crippen LogP contribution < -0.4 is 21.7 Å². The first-order chi connectivity index (χ1) is 15.3. The molecule has 6 unspecified atom stereocenters. The maximum absolute atomic E-state index is 12.9. The molecule has 0 aromatic heterocycles. The monoisotopic (exact) mass is 492 g/mol. The quantitative estimate of drug-likeness (QED) is 0.138. The number of aliphatic hydroxyl groups excluding tert-OH is 1. The van der Waals surface area contributed by atoms with Gasteiger partial charge in [-0.25, -0.2) is 4.79 Å². The Balaban J connectivity index is 5.58. The number of nitrogens with two attached hydrogens (primary N) is 1. The average molecular weight is 493 g/mol. The normalized spacial score (nSPS) is 16.4. The summed E-state index contributed by atoms with van der Waals surface area (Å²) in [6, 6.07) is -4.93. The highest BCUT2D eigenvalue weighted by Crippen LogP contribution is 2.11. The molecule has 190 valence electrons. The van der Waals surface area contributed by atoms with E-state index in [0.29, 0.717) is 12.2 Å². The van der Waals surface area contributed by atoms with E-state index in [4.69, 9.17) is 10.8 Å². The van der Waals surface area contributed by atoms with Crippen LogP contribution in [0.4, 0.5) is 0 Å². The lowest BCUT2D eigenvalue weighted by Gasteiger charge is -2.28. The van der Waals surface area contributed by atoms with E-state index in [1.807, 2.05) is 0 Å². The Labute approximate surface area is 197 Å². The molecular formula is C20H36N4O8S. The molecule has 0 fully saturated rings. The van der Waals surface area contributed by atoms with Gasteiger partial charge in [0.2, 0.25) is 17.7 Å². The van der Waals surface area contributed by atoms with Crippen LogP contribution in [0.15, 0.2) is 0 Å². The van der Waals surface area contributed by atoms with Gasteiger partial charge < -0.3 is 37.0 Å². The van der Waals surface area contributed by atoms with Crippen molar-refractivity contribution in [2.75, 3.05) is 12.0 Å². The number of rotatable bonds is 16. The minimum absolute atomic E-state index is 0.192. The van der Waals surface area contributed by atoms with E-state index in [1.165, 1.54) is 18.7 Å². The van der Waals surface area contributed by atoms with E-state index in [0.717, 1.165) is 0 Å². The summed E-state index contributed by atoms with van der Waals surface area (Å²) in [7, 11) is 0. The first kappa shape index (κ1) is 30.6. The number of carboxylic acids is 2. The molecule has 0 heterocycles. The van der Waals surface area contributed by atoms with Crippen molar-refractivity contribution in [2.24, 2.45) is 11.7 Å². The number of nitrogens with one attached hydrogen (secondary N) is 3. The molecule has 6 atom stereocenters. The Hall–Kier alpha value is -2.38. The third kappa shape index (κ3) is 11.3. The van der Waals surface area contributed by atoms with Crippen LogP contribution in [0, 0.1) is 5.92 Å². The summed E-state index contributed by atoms with van der Waals surface area (Å²) in [5.74, 6) is -4.66. The summed E-state index contributed by atoms with van der Waals surface area (Å²) < 4.78 is 0. The van der Waals surface area contributed by atoms with E-state index in [1.54, 1.807) is 20.1 Å². The second kappa shape index (κ2) is 15.5. The van der Waals surface area contributed by atoms with Gasteiger partial charge in [-0.1, -0.05) is 20.3 Å². The number of carboxylic acid groups (broad SMARTS) is 2. The summed E-state index contributed by atoms with van der Waals surface area (Å²) in [6.45, 7) is 4.76. The largest absolute Gasteiger partial charge is 0.481 e. The van der Waals surface area contributed by atoms with Gasteiger partial charge in [0.05, 0.1) is 6.10 Å². The van der Waals surface area contributed by atoms with Gasteiger partial charge in [0.15, 0.2) is 0 Å². The number of thioether (sulfide) groups is 1. The minimum Gasteiger partial charge on any atom is -0.481 e. The highest BCUT2D eigenvalue weighted by molar-refractivity contribution is 7.98. The van der Waals surface area contributed by atoms with Crippen molar-refractivity contribution < 1.29 is 39.3 Å². The third-order valence-electron chi connectivity index (χ3n) is 5.12. The van der Waals surface area contributed by atoms with Crippen LogP contribution in [0.1, 0.15) is 46.5 Å². The Morgan fingerprint density at radius 1 is 0.909 bits per heavy atom. The average Bonchev–Trinajstić information content (AvgIpc) is 2.75. The lowest BCUT2D eigenvalue weighted by molar-refractivity contribution is -0.142. The van der Waals surface area contributed by atoms with E-state index in [9.17, 15) is 34.2 Å². The summed E-state index contributed by atoms with van der Waals surface area (Å²) >= 11 is 1.43. The fourth-order valence-corrected chi connectivity index (χ4v) is 3.21. The molecule has 0 aliphatic heterocycles. The molecule has 0 aliphatic carbocycles. The van der Waals surface area contributed by atoms with E-state index in [-0.39, 0.29) is 18.8 Å². The van der Waals surface area contributed by atoms with Crippen LogP contribution >= 0.6 is 11.8 Å². The summed E-state index contributed by atoms with van der Waals surface area (Å²) in [4.78, 5) is 60.4. The summed E-state index contributed by atoms with van der Waals surface area (Å²) in [6.07, 6.45) is 0.537. The third-order valence-corrected chi connectivity index (χ3v) is 5.76. The standard InChI is InChI=1S/C20H36N4O8S/c1-5-10(2)16(19(30)23-13(20(31)32)8-9-33-4)24-17(28)12(6-7-14(26)27)22-18(29)15(21)11(3)25/h10-13,15-16,25H,5-9,21H2,1-4H3,(H,22,29)(H,23,30)(H,24,28)(H,26,27)(H,31,32). The SMILES string of the molecule is CCC(C)C(NC(=O)C(CCC(=O)O)NC(=O)C(N)C(C)O)C(=O)NC(CCSC)C(=O)O. The zero-order chi connectivity index (χ0) is 25.7. The molecule has 0 aromatic carbocycles. The Bertz CT molecular complexity index is 691. The highest BCUT2D eigenvalue weighted by atomic mass is 32.2. The first-order valence-electron chi connectivity index (χ1n) is 10.6. The zero-order valence-corrected chi connectivity index (χ0v) is 20.2. The van der Waals surface area contributed by atoms with Crippen LogP contribution in [0.2, 0.25) is 0 Å². The van der Waals surface area contributed by atoms with Crippen molar-refractivity contribution in [1.29, 1.82) is 0 Å². The van der Waals surface area contributed by atoms with Crippen molar-refractivity contribution in [3.63, 3.8) is 0 Å². The van der Waals surface area contributed by atoms with Crippen LogP contribution in [0.3, 0.4) is 0 Å². The maximum Gasteiger partial charge on any atom is 0.326 e. The van der Waals surface area contributed by atoms with Gasteiger partial charge in [-0.05, 0) is 37.7 Å². The number of hydrogen-bond acceptors (Lipinski definition) is 8. The van der Waals surface area contributed by atoms with E-state index in [2.05, 4.69) is 16.0 Å². The van der Waals surface area contributed by atoms with Gasteiger partial charge in [-0.3, -0.25) is 19.2 Å². The number of aliphatic hydroxyl groups is 1. The van der Waals surface area contributed by atoms with Gasteiger partial charge in [0, 0.05) is 6.42 Å². The second-order valence-electron chi connectivity index (χ2n) is 7.81. The van der Waals surface area contributed by atoms with Crippen molar-refractivity contribution in [3.05, 3.63) is 0 Å². The van der Waals surface area contributed by atoms with Crippen LogP contribution in [-0.2, 0) is 24.0 Å². The number of amides is 3. The number of carbonyl (C=O) groups excluding carboxylic acids is 3. The van der Waals surface area contributed by atoms with E-state index >= 15 is 0 Å². The fraction of sp³-hybridized carbons (Fsp3) is 0.750. The Morgan fingerprint density at radius 2 is 1.48 bits per heavy atom. The van der Waals surface area contributed by atoms with Crippen LogP contribution in [0.25, 0.3) is 0 Å². The second-order valence-corrected chi connectivity index (χ2v) is 8.80. The van der Waals surface area contributed by atoms with Crippen molar-refractivity contribution in [2.45, 2.75) is 76.7 Å². The fourth-order valence-electron chi connectivity index (χ4n) is 2.73. The lowest BCUT2D eigenvalue weighted by atomic mass is 9.97. The van der Waals surface area contributed by atoms with Crippen LogP contribution in [0.5, 0.6) is 0 Å². The Morgan fingerprint density at radius 3 is 1.94 bits per heavy atom. The molecule has 0 aliphatic rings.